The molecule has 1 unspecified atom stereocenters. The van der Waals surface area contributed by atoms with Crippen LogP contribution in [0.25, 0.3) is 0 Å². The van der Waals surface area contributed by atoms with Crippen LogP contribution in [0, 0.1) is 0 Å². The lowest BCUT2D eigenvalue weighted by atomic mass is 10.0. The quantitative estimate of drug-likeness (QED) is 0.129. The van der Waals surface area contributed by atoms with Gasteiger partial charge in [0.05, 0.1) is 6.10 Å². The molecule has 0 spiro atoms. The van der Waals surface area contributed by atoms with Crippen LogP contribution in [0.3, 0.4) is 0 Å². The minimum absolute atomic E-state index is 0.430. The van der Waals surface area contributed by atoms with Crippen LogP contribution in [0.1, 0.15) is 149 Å². The topological polar surface area (TPSA) is 63.6 Å². The Morgan fingerprint density at radius 3 is 1.14 bits per heavy atom. The second-order valence-electron chi connectivity index (χ2n) is 8.84. The summed E-state index contributed by atoms with van der Waals surface area (Å²) in [5, 5.41) is 0. The van der Waals surface area contributed by atoms with Crippen LogP contribution in [0.2, 0.25) is 0 Å². The Labute approximate surface area is 182 Å². The molecular formula is C24H50O4S. The highest BCUT2D eigenvalue weighted by Crippen LogP contribution is 2.15. The molecule has 0 aromatic carbocycles. The van der Waals surface area contributed by atoms with Gasteiger partial charge in [0, 0.05) is 0 Å². The molecule has 0 aliphatic rings. The maximum atomic E-state index is 10.6. The molecule has 0 fully saturated rings. The molecule has 0 saturated heterocycles. The van der Waals surface area contributed by atoms with Crippen molar-refractivity contribution < 1.29 is 17.2 Å². The van der Waals surface area contributed by atoms with Crippen LogP contribution in [-0.4, -0.2) is 19.1 Å². The second-order valence-corrected chi connectivity index (χ2v) is 9.89. The lowest BCUT2D eigenvalue weighted by molar-refractivity contribution is 0.185. The van der Waals surface area contributed by atoms with E-state index in [1.165, 1.54) is 116 Å². The van der Waals surface area contributed by atoms with Crippen molar-refractivity contribution in [3.8, 4) is 0 Å². The standard InChI is InChI=1S/C24H50O4S/c1-3-4-5-6-7-8-9-10-11-12-13-14-15-16-17-18-19-20-21-22-23-24(2)28-29(25,26)27/h24H,3-23H2,1-2H3,(H,25,26,27). The summed E-state index contributed by atoms with van der Waals surface area (Å²) in [6, 6.07) is 0. The first-order chi connectivity index (χ1) is 14.0. The van der Waals surface area contributed by atoms with E-state index in [1.807, 2.05) is 0 Å². The number of unbranched alkanes of at least 4 members (excludes halogenated alkanes) is 19. The zero-order valence-electron chi connectivity index (χ0n) is 19.5. The Morgan fingerprint density at radius 2 is 0.862 bits per heavy atom. The van der Waals surface area contributed by atoms with Gasteiger partial charge in [-0.25, -0.2) is 4.18 Å². The fourth-order valence-electron chi connectivity index (χ4n) is 3.94. The lowest BCUT2D eigenvalue weighted by Crippen LogP contribution is -2.14. The van der Waals surface area contributed by atoms with Gasteiger partial charge in [-0.2, -0.15) is 8.42 Å². The van der Waals surface area contributed by atoms with Crippen molar-refractivity contribution in [3.63, 3.8) is 0 Å². The number of hydrogen-bond acceptors (Lipinski definition) is 3. The first-order valence-electron chi connectivity index (χ1n) is 12.6. The molecule has 1 N–H and O–H groups in total. The zero-order chi connectivity index (χ0) is 21.6. The normalized spacial score (nSPS) is 13.1. The van der Waals surface area contributed by atoms with Gasteiger partial charge >= 0.3 is 10.4 Å². The molecule has 1 atom stereocenters. The maximum Gasteiger partial charge on any atom is 0.397 e. The first-order valence-corrected chi connectivity index (χ1v) is 14.0. The molecule has 4 nitrogen and oxygen atoms in total. The van der Waals surface area contributed by atoms with Gasteiger partial charge in [-0.3, -0.25) is 4.55 Å². The van der Waals surface area contributed by atoms with Gasteiger partial charge in [0.25, 0.3) is 0 Å². The maximum absolute atomic E-state index is 10.6. The fraction of sp³-hybridized carbons (Fsp3) is 1.00. The summed E-state index contributed by atoms with van der Waals surface area (Å²) >= 11 is 0. The van der Waals surface area contributed by atoms with E-state index in [-0.39, 0.29) is 0 Å². The van der Waals surface area contributed by atoms with Gasteiger partial charge in [0.15, 0.2) is 0 Å². The van der Waals surface area contributed by atoms with Gasteiger partial charge < -0.3 is 0 Å². The highest BCUT2D eigenvalue weighted by molar-refractivity contribution is 7.80. The average molecular weight is 435 g/mol. The monoisotopic (exact) mass is 434 g/mol. The van der Waals surface area contributed by atoms with E-state index in [0.717, 1.165) is 12.8 Å². The van der Waals surface area contributed by atoms with Gasteiger partial charge in [-0.05, 0) is 13.3 Å². The van der Waals surface area contributed by atoms with Crippen molar-refractivity contribution in [1.29, 1.82) is 0 Å². The van der Waals surface area contributed by atoms with Crippen molar-refractivity contribution in [2.75, 3.05) is 0 Å². The molecule has 0 aliphatic heterocycles. The molecular weight excluding hydrogens is 384 g/mol. The molecule has 0 aromatic rings. The average Bonchev–Trinajstić information content (AvgIpc) is 2.65. The van der Waals surface area contributed by atoms with E-state index in [2.05, 4.69) is 11.1 Å². The number of rotatable bonds is 23. The Bertz CT molecular complexity index is 423. The molecule has 0 heterocycles. The minimum Gasteiger partial charge on any atom is -0.264 e. The molecule has 176 valence electrons. The third kappa shape index (κ3) is 25.8. The Hall–Kier alpha value is -0.130. The highest BCUT2D eigenvalue weighted by atomic mass is 32.3. The SMILES string of the molecule is CCCCCCCCCCCCCCCCCCCCCCC(C)OS(=O)(=O)O. The van der Waals surface area contributed by atoms with Crippen LogP contribution >= 0.6 is 0 Å². The lowest BCUT2D eigenvalue weighted by Gasteiger charge is -2.09. The highest BCUT2D eigenvalue weighted by Gasteiger charge is 2.11. The molecule has 0 rings (SSSR count). The van der Waals surface area contributed by atoms with E-state index in [0.29, 0.717) is 6.42 Å². The molecule has 0 radical (unpaired) electrons. The Kier molecular flexibility index (Phi) is 21.0. The Balaban J connectivity index is 3.12. The summed E-state index contributed by atoms with van der Waals surface area (Å²) in [5.74, 6) is 0. The largest absolute Gasteiger partial charge is 0.397 e. The van der Waals surface area contributed by atoms with Crippen molar-refractivity contribution in [3.05, 3.63) is 0 Å². The van der Waals surface area contributed by atoms with E-state index < -0.39 is 16.5 Å². The van der Waals surface area contributed by atoms with Gasteiger partial charge in [-0.15, -0.1) is 0 Å². The van der Waals surface area contributed by atoms with Gasteiger partial charge in [0.2, 0.25) is 0 Å². The summed E-state index contributed by atoms with van der Waals surface area (Å²) in [4.78, 5) is 0. The molecule has 0 aliphatic carbocycles. The minimum atomic E-state index is -4.30. The van der Waals surface area contributed by atoms with Crippen LogP contribution in [-0.2, 0) is 14.6 Å². The summed E-state index contributed by atoms with van der Waals surface area (Å²) in [5.41, 5.74) is 0. The molecule has 0 amide bonds. The second kappa shape index (κ2) is 21.1. The third-order valence-electron chi connectivity index (χ3n) is 5.75. The zero-order valence-corrected chi connectivity index (χ0v) is 20.3. The van der Waals surface area contributed by atoms with Crippen LogP contribution in [0.5, 0.6) is 0 Å². The first kappa shape index (κ1) is 28.9. The van der Waals surface area contributed by atoms with Gasteiger partial charge in [-0.1, -0.05) is 135 Å². The fourth-order valence-corrected chi connectivity index (χ4v) is 4.45. The molecule has 29 heavy (non-hydrogen) atoms. The van der Waals surface area contributed by atoms with Crippen LogP contribution in [0.15, 0.2) is 0 Å². The molecule has 0 saturated carbocycles. The predicted octanol–water partition coefficient (Wildman–Crippen LogP) is 8.41. The van der Waals surface area contributed by atoms with E-state index in [1.54, 1.807) is 6.92 Å². The van der Waals surface area contributed by atoms with Crippen molar-refractivity contribution in [1.82, 2.24) is 0 Å². The molecule has 5 heteroatoms. The smallest absolute Gasteiger partial charge is 0.264 e. The number of hydrogen-bond donors (Lipinski definition) is 1. The van der Waals surface area contributed by atoms with Crippen molar-refractivity contribution >= 4 is 10.4 Å². The van der Waals surface area contributed by atoms with Crippen molar-refractivity contribution in [2.45, 2.75) is 155 Å². The Morgan fingerprint density at radius 1 is 0.586 bits per heavy atom. The summed E-state index contributed by atoms with van der Waals surface area (Å²) in [7, 11) is -4.30. The molecule has 0 bridgehead atoms. The summed E-state index contributed by atoms with van der Waals surface area (Å²) < 4.78 is 34.3. The summed E-state index contributed by atoms with van der Waals surface area (Å²) in [6.45, 7) is 3.96. The van der Waals surface area contributed by atoms with E-state index in [9.17, 15) is 8.42 Å². The summed E-state index contributed by atoms with van der Waals surface area (Å²) in [6.07, 6.45) is 27.3. The molecule has 0 aromatic heterocycles. The van der Waals surface area contributed by atoms with Gasteiger partial charge in [0.1, 0.15) is 0 Å². The van der Waals surface area contributed by atoms with Crippen LogP contribution < -0.4 is 0 Å². The van der Waals surface area contributed by atoms with E-state index >= 15 is 0 Å². The third-order valence-corrected chi connectivity index (χ3v) is 6.32. The van der Waals surface area contributed by atoms with E-state index in [4.69, 9.17) is 4.55 Å². The van der Waals surface area contributed by atoms with Crippen LogP contribution in [0.4, 0.5) is 0 Å². The van der Waals surface area contributed by atoms with Crippen molar-refractivity contribution in [2.24, 2.45) is 0 Å². The predicted molar refractivity (Wildman–Crippen MR) is 125 cm³/mol.